The van der Waals surface area contributed by atoms with E-state index < -0.39 is 43.4 Å². The van der Waals surface area contributed by atoms with Crippen LogP contribution in [0.3, 0.4) is 0 Å². The van der Waals surface area contributed by atoms with Crippen LogP contribution < -0.4 is 0 Å². The standard InChI is InChI=1S/C63H104O9/c1-3-5-7-9-11-13-15-17-19-21-23-25-27-29-30-32-34-36-38-40-42-44-46-48-50-52-59(65)71-57(56-70-63-62(68)61(67)60(66)58(54-64)72-63)55-69-53-51-49-47-45-43-41-39-37-35-33-31-28-26-24-22-20-18-16-14-12-10-8-6-4-2/h5-8,11-14,17-20,23-26,29-31,33,57-58,60-64,66-68H,3-4,9-10,15-16,21-22,27-28,32,34-56H2,1-2H3/b7-5-,8-6-,13-11-,14-12-,19-17-,20-18-,25-23-,26-24-,30-29-,33-31-. The molecule has 0 aromatic rings. The highest BCUT2D eigenvalue weighted by molar-refractivity contribution is 5.69. The molecule has 1 fully saturated rings. The maximum absolute atomic E-state index is 12.9. The summed E-state index contributed by atoms with van der Waals surface area (Å²) in [6.07, 6.45) is 69.5. The molecule has 0 saturated carbocycles. The Morgan fingerprint density at radius 3 is 1.21 bits per heavy atom. The summed E-state index contributed by atoms with van der Waals surface area (Å²) in [6, 6.07) is 0. The van der Waals surface area contributed by atoms with Crippen LogP contribution in [0.15, 0.2) is 122 Å². The summed E-state index contributed by atoms with van der Waals surface area (Å²) >= 11 is 0. The van der Waals surface area contributed by atoms with Crippen LogP contribution >= 0.6 is 0 Å². The fraction of sp³-hybridized carbons (Fsp3) is 0.667. The highest BCUT2D eigenvalue weighted by Crippen LogP contribution is 2.23. The third kappa shape index (κ3) is 42.0. The lowest BCUT2D eigenvalue weighted by Crippen LogP contribution is -2.59. The van der Waals surface area contributed by atoms with E-state index in [9.17, 15) is 25.2 Å². The largest absolute Gasteiger partial charge is 0.457 e. The van der Waals surface area contributed by atoms with Crippen molar-refractivity contribution in [3.8, 4) is 0 Å². The molecule has 4 N–H and O–H groups in total. The Kier molecular flexibility index (Phi) is 48.5. The van der Waals surface area contributed by atoms with Crippen molar-refractivity contribution in [3.05, 3.63) is 122 Å². The zero-order valence-corrected chi connectivity index (χ0v) is 45.4. The molecular weight excluding hydrogens is 901 g/mol. The number of hydrogen-bond acceptors (Lipinski definition) is 9. The summed E-state index contributed by atoms with van der Waals surface area (Å²) < 4.78 is 23.0. The van der Waals surface area contributed by atoms with E-state index >= 15 is 0 Å². The SMILES string of the molecule is CC/C=C\C/C=C\C/C=C\C/C=C\C/C=C\CCCCCCCCCCCC(=O)OC(COCCCCCCCCCC/C=C\C/C=C\C/C=C\C/C=C\C/C=C\CC)COC1OC(CO)C(O)C(O)C1O. The molecule has 410 valence electrons. The van der Waals surface area contributed by atoms with E-state index in [0.29, 0.717) is 13.0 Å². The Hall–Kier alpha value is -3.41. The lowest BCUT2D eigenvalue weighted by atomic mass is 9.99. The molecule has 0 aliphatic carbocycles. The Morgan fingerprint density at radius 1 is 0.444 bits per heavy atom. The Balaban J connectivity index is 2.19. The molecule has 0 bridgehead atoms. The van der Waals surface area contributed by atoms with Gasteiger partial charge in [0, 0.05) is 13.0 Å². The fourth-order valence-corrected chi connectivity index (χ4v) is 8.02. The molecule has 9 nitrogen and oxygen atoms in total. The number of ether oxygens (including phenoxy) is 4. The van der Waals surface area contributed by atoms with Crippen LogP contribution in [0, 0.1) is 0 Å². The maximum atomic E-state index is 12.9. The molecule has 0 aromatic carbocycles. The molecule has 1 rings (SSSR count). The number of carbonyl (C=O) groups is 1. The van der Waals surface area contributed by atoms with E-state index in [1.54, 1.807) is 0 Å². The van der Waals surface area contributed by atoms with E-state index in [1.807, 2.05) is 0 Å². The van der Waals surface area contributed by atoms with Crippen LogP contribution in [0.5, 0.6) is 0 Å². The minimum Gasteiger partial charge on any atom is -0.457 e. The summed E-state index contributed by atoms with van der Waals surface area (Å²) in [4.78, 5) is 12.9. The molecule has 1 saturated heterocycles. The Labute approximate surface area is 439 Å². The average molecular weight is 1010 g/mol. The highest BCUT2D eigenvalue weighted by atomic mass is 16.7. The van der Waals surface area contributed by atoms with Gasteiger partial charge in [-0.2, -0.15) is 0 Å². The van der Waals surface area contributed by atoms with E-state index in [-0.39, 0.29) is 19.2 Å². The van der Waals surface area contributed by atoms with Crippen molar-refractivity contribution in [3.63, 3.8) is 0 Å². The van der Waals surface area contributed by atoms with Crippen LogP contribution in [0.2, 0.25) is 0 Å². The molecule has 1 heterocycles. The first-order chi connectivity index (χ1) is 35.4. The second-order valence-corrected chi connectivity index (χ2v) is 19.0. The smallest absolute Gasteiger partial charge is 0.306 e. The van der Waals surface area contributed by atoms with Gasteiger partial charge in [-0.05, 0) is 103 Å². The summed E-state index contributed by atoms with van der Waals surface area (Å²) in [5.41, 5.74) is 0. The third-order valence-corrected chi connectivity index (χ3v) is 12.4. The van der Waals surface area contributed by atoms with Gasteiger partial charge in [-0.1, -0.05) is 219 Å². The summed E-state index contributed by atoms with van der Waals surface area (Å²) in [7, 11) is 0. The first-order valence-corrected chi connectivity index (χ1v) is 28.6. The summed E-state index contributed by atoms with van der Waals surface area (Å²) in [6.45, 7) is 4.30. The highest BCUT2D eigenvalue weighted by Gasteiger charge is 2.44. The predicted molar refractivity (Wildman–Crippen MR) is 302 cm³/mol. The molecule has 6 unspecified atom stereocenters. The van der Waals surface area contributed by atoms with Gasteiger partial charge in [0.25, 0.3) is 0 Å². The quantitative estimate of drug-likeness (QED) is 0.0267. The number of aliphatic hydroxyl groups excluding tert-OH is 4. The monoisotopic (exact) mass is 1000 g/mol. The first kappa shape index (κ1) is 66.6. The molecule has 0 amide bonds. The topological polar surface area (TPSA) is 135 Å². The van der Waals surface area contributed by atoms with Gasteiger partial charge < -0.3 is 39.4 Å². The molecule has 6 atom stereocenters. The van der Waals surface area contributed by atoms with E-state index in [2.05, 4.69) is 135 Å². The molecule has 72 heavy (non-hydrogen) atoms. The second kappa shape index (κ2) is 52.5. The summed E-state index contributed by atoms with van der Waals surface area (Å²) in [5, 5.41) is 40.4. The molecule has 1 aliphatic heterocycles. The predicted octanol–water partition coefficient (Wildman–Crippen LogP) is 15.0. The minimum atomic E-state index is -1.55. The third-order valence-electron chi connectivity index (χ3n) is 12.4. The lowest BCUT2D eigenvalue weighted by Gasteiger charge is -2.39. The van der Waals surface area contributed by atoms with Gasteiger partial charge in [0.15, 0.2) is 6.29 Å². The van der Waals surface area contributed by atoms with E-state index in [4.69, 9.17) is 18.9 Å². The van der Waals surface area contributed by atoms with Gasteiger partial charge in [0.05, 0.1) is 19.8 Å². The van der Waals surface area contributed by atoms with Crippen LogP contribution in [-0.2, 0) is 23.7 Å². The van der Waals surface area contributed by atoms with Gasteiger partial charge in [0.2, 0.25) is 0 Å². The molecule has 0 radical (unpaired) electrons. The number of aliphatic hydroxyl groups is 4. The molecule has 1 aliphatic rings. The Morgan fingerprint density at radius 2 is 0.806 bits per heavy atom. The second-order valence-electron chi connectivity index (χ2n) is 19.0. The van der Waals surface area contributed by atoms with Gasteiger partial charge in [-0.15, -0.1) is 0 Å². The van der Waals surface area contributed by atoms with Crippen LogP contribution in [-0.4, -0.2) is 89.6 Å². The van der Waals surface area contributed by atoms with Crippen LogP contribution in [0.25, 0.3) is 0 Å². The molecule has 9 heteroatoms. The van der Waals surface area contributed by atoms with Crippen molar-refractivity contribution in [1.29, 1.82) is 0 Å². The molecular formula is C63H104O9. The lowest BCUT2D eigenvalue weighted by molar-refractivity contribution is -0.305. The van der Waals surface area contributed by atoms with E-state index in [1.165, 1.54) is 70.6 Å². The number of hydrogen-bond donors (Lipinski definition) is 4. The maximum Gasteiger partial charge on any atom is 0.306 e. The van der Waals surface area contributed by atoms with Gasteiger partial charge >= 0.3 is 5.97 Å². The van der Waals surface area contributed by atoms with Crippen molar-refractivity contribution >= 4 is 5.97 Å². The van der Waals surface area contributed by atoms with Crippen molar-refractivity contribution in [2.75, 3.05) is 26.4 Å². The van der Waals surface area contributed by atoms with Gasteiger partial charge in [-0.3, -0.25) is 4.79 Å². The fourth-order valence-electron chi connectivity index (χ4n) is 8.02. The first-order valence-electron chi connectivity index (χ1n) is 28.6. The zero-order valence-electron chi connectivity index (χ0n) is 45.4. The number of carbonyl (C=O) groups excluding carboxylic acids is 1. The molecule has 0 aromatic heterocycles. The van der Waals surface area contributed by atoms with Crippen molar-refractivity contribution in [1.82, 2.24) is 0 Å². The molecule has 0 spiro atoms. The van der Waals surface area contributed by atoms with Crippen LogP contribution in [0.4, 0.5) is 0 Å². The average Bonchev–Trinajstić information content (AvgIpc) is 3.38. The zero-order chi connectivity index (χ0) is 52.1. The van der Waals surface area contributed by atoms with Crippen molar-refractivity contribution < 1.29 is 44.2 Å². The van der Waals surface area contributed by atoms with Gasteiger partial charge in [-0.25, -0.2) is 0 Å². The minimum absolute atomic E-state index is 0.127. The Bertz CT molecular complexity index is 1520. The number of esters is 1. The van der Waals surface area contributed by atoms with Crippen molar-refractivity contribution in [2.45, 2.75) is 243 Å². The number of allylic oxidation sites excluding steroid dienone is 20. The number of rotatable bonds is 48. The van der Waals surface area contributed by atoms with Crippen LogP contribution in [0.1, 0.15) is 206 Å². The van der Waals surface area contributed by atoms with Crippen molar-refractivity contribution in [2.24, 2.45) is 0 Å². The van der Waals surface area contributed by atoms with Gasteiger partial charge in [0.1, 0.15) is 30.5 Å². The summed E-state index contributed by atoms with van der Waals surface area (Å²) in [5.74, 6) is -0.327. The normalized spacial score (nSPS) is 19.7. The number of unbranched alkanes of at least 4 members (excludes halogenated alkanes) is 17. The van der Waals surface area contributed by atoms with E-state index in [0.717, 1.165) is 116 Å².